The van der Waals surface area contributed by atoms with Crippen LogP contribution in [0.5, 0.6) is 0 Å². The smallest absolute Gasteiger partial charge is 0.353 e. The van der Waals surface area contributed by atoms with Gasteiger partial charge in [0.25, 0.3) is 0 Å². The standard InChI is InChI=1S/C17H13ClN6O4/c1-28-17(25)10-4-6-11(7-5-10)22-15-13(24(26)27)16(21-9-20-15)23-12-3-2-8-19-14(12)18/h2-9H,1H3,(H2,20,21,22,23). The van der Waals surface area contributed by atoms with Gasteiger partial charge in [0.15, 0.2) is 5.15 Å². The summed E-state index contributed by atoms with van der Waals surface area (Å²) < 4.78 is 4.63. The summed E-state index contributed by atoms with van der Waals surface area (Å²) in [5.74, 6) is -0.573. The molecule has 0 saturated carbocycles. The van der Waals surface area contributed by atoms with Crippen molar-refractivity contribution in [3.05, 3.63) is 69.8 Å². The normalized spacial score (nSPS) is 10.2. The molecule has 0 saturated heterocycles. The Kier molecular flexibility index (Phi) is 5.61. The fourth-order valence-electron chi connectivity index (χ4n) is 2.29. The zero-order valence-electron chi connectivity index (χ0n) is 14.4. The van der Waals surface area contributed by atoms with Crippen molar-refractivity contribution >= 4 is 46.3 Å². The topological polar surface area (TPSA) is 132 Å². The molecule has 28 heavy (non-hydrogen) atoms. The third-order valence-corrected chi connectivity index (χ3v) is 3.89. The second kappa shape index (κ2) is 8.27. The van der Waals surface area contributed by atoms with Crippen LogP contribution in [0.25, 0.3) is 0 Å². The van der Waals surface area contributed by atoms with Crippen LogP contribution in [-0.4, -0.2) is 33.0 Å². The van der Waals surface area contributed by atoms with Crippen LogP contribution in [0.3, 0.4) is 0 Å². The fraction of sp³-hybridized carbons (Fsp3) is 0.0588. The second-order valence-corrected chi connectivity index (χ2v) is 5.70. The van der Waals surface area contributed by atoms with Gasteiger partial charge < -0.3 is 15.4 Å². The molecule has 0 unspecified atom stereocenters. The zero-order valence-corrected chi connectivity index (χ0v) is 15.2. The second-order valence-electron chi connectivity index (χ2n) is 5.34. The van der Waals surface area contributed by atoms with E-state index in [-0.39, 0.29) is 22.5 Å². The van der Waals surface area contributed by atoms with Crippen molar-refractivity contribution in [2.75, 3.05) is 17.7 Å². The van der Waals surface area contributed by atoms with Gasteiger partial charge in [-0.3, -0.25) is 10.1 Å². The molecular formula is C17H13ClN6O4. The fourth-order valence-corrected chi connectivity index (χ4v) is 2.45. The number of esters is 1. The minimum absolute atomic E-state index is 0.0340. The van der Waals surface area contributed by atoms with E-state index < -0.39 is 10.9 Å². The Morgan fingerprint density at radius 2 is 1.79 bits per heavy atom. The number of methoxy groups -OCH3 is 1. The number of ether oxygens (including phenoxy) is 1. The number of anilines is 4. The number of carbonyl (C=O) groups is 1. The molecule has 0 aliphatic rings. The van der Waals surface area contributed by atoms with Gasteiger partial charge in [0.05, 0.1) is 23.3 Å². The molecule has 0 atom stereocenters. The Morgan fingerprint density at radius 1 is 1.11 bits per heavy atom. The number of aromatic nitrogens is 3. The number of nitro groups is 1. The number of hydrogen-bond acceptors (Lipinski definition) is 9. The van der Waals surface area contributed by atoms with Gasteiger partial charge in [-0.25, -0.2) is 19.7 Å². The van der Waals surface area contributed by atoms with E-state index in [0.717, 1.165) is 0 Å². The number of nitrogens with one attached hydrogen (secondary N) is 2. The lowest BCUT2D eigenvalue weighted by Gasteiger charge is -2.11. The van der Waals surface area contributed by atoms with E-state index >= 15 is 0 Å². The predicted molar refractivity (Wildman–Crippen MR) is 102 cm³/mol. The summed E-state index contributed by atoms with van der Waals surface area (Å²) in [4.78, 5) is 34.3. The highest BCUT2D eigenvalue weighted by molar-refractivity contribution is 6.32. The van der Waals surface area contributed by atoms with Crippen LogP contribution in [0, 0.1) is 10.1 Å². The van der Waals surface area contributed by atoms with Crippen LogP contribution in [0.15, 0.2) is 48.9 Å². The van der Waals surface area contributed by atoms with Gasteiger partial charge in [0.1, 0.15) is 6.33 Å². The molecule has 0 aliphatic heterocycles. The summed E-state index contributed by atoms with van der Waals surface area (Å²) in [6.07, 6.45) is 2.66. The van der Waals surface area contributed by atoms with Crippen molar-refractivity contribution in [1.29, 1.82) is 0 Å². The first-order valence-corrected chi connectivity index (χ1v) is 8.19. The van der Waals surface area contributed by atoms with E-state index in [1.807, 2.05) is 0 Å². The van der Waals surface area contributed by atoms with Gasteiger partial charge >= 0.3 is 11.7 Å². The van der Waals surface area contributed by atoms with Gasteiger partial charge in [-0.1, -0.05) is 11.6 Å². The monoisotopic (exact) mass is 400 g/mol. The number of hydrogen-bond donors (Lipinski definition) is 2. The first-order valence-electron chi connectivity index (χ1n) is 7.82. The molecule has 2 N–H and O–H groups in total. The highest BCUT2D eigenvalue weighted by Crippen LogP contribution is 2.34. The Balaban J connectivity index is 1.92. The SMILES string of the molecule is COC(=O)c1ccc(Nc2ncnc(Nc3cccnc3Cl)c2[N+](=O)[O-])cc1. The van der Waals surface area contributed by atoms with Crippen LogP contribution in [0.2, 0.25) is 5.15 Å². The molecule has 0 bridgehead atoms. The van der Waals surface area contributed by atoms with Crippen molar-refractivity contribution in [1.82, 2.24) is 15.0 Å². The molecule has 3 rings (SSSR count). The van der Waals surface area contributed by atoms with E-state index in [1.54, 1.807) is 24.3 Å². The van der Waals surface area contributed by atoms with Crippen LogP contribution in [-0.2, 0) is 4.74 Å². The molecule has 142 valence electrons. The van der Waals surface area contributed by atoms with E-state index in [4.69, 9.17) is 11.6 Å². The summed E-state index contributed by atoms with van der Waals surface area (Å²) >= 11 is 5.99. The number of benzene rings is 1. The molecular weight excluding hydrogens is 388 g/mol. The maximum absolute atomic E-state index is 11.6. The van der Waals surface area contributed by atoms with E-state index in [9.17, 15) is 14.9 Å². The molecule has 10 nitrogen and oxygen atoms in total. The Labute approximate surface area is 163 Å². The van der Waals surface area contributed by atoms with E-state index in [1.165, 1.54) is 31.8 Å². The first kappa shape index (κ1) is 19.0. The molecule has 2 heterocycles. The van der Waals surface area contributed by atoms with Crippen molar-refractivity contribution in [2.24, 2.45) is 0 Å². The molecule has 1 aromatic carbocycles. The summed E-state index contributed by atoms with van der Waals surface area (Å²) in [6, 6.07) is 9.43. The molecule has 0 radical (unpaired) electrons. The lowest BCUT2D eigenvalue weighted by Crippen LogP contribution is -2.06. The minimum atomic E-state index is -0.613. The quantitative estimate of drug-likeness (QED) is 0.275. The third-order valence-electron chi connectivity index (χ3n) is 3.59. The number of rotatable bonds is 6. The van der Waals surface area contributed by atoms with Crippen molar-refractivity contribution < 1.29 is 14.5 Å². The van der Waals surface area contributed by atoms with E-state index in [0.29, 0.717) is 16.9 Å². The molecule has 0 aliphatic carbocycles. The van der Waals surface area contributed by atoms with Crippen LogP contribution in [0.4, 0.5) is 28.7 Å². The van der Waals surface area contributed by atoms with Gasteiger partial charge in [0.2, 0.25) is 11.6 Å². The van der Waals surface area contributed by atoms with Crippen molar-refractivity contribution in [2.45, 2.75) is 0 Å². The van der Waals surface area contributed by atoms with E-state index in [2.05, 4.69) is 30.3 Å². The predicted octanol–water partition coefficient (Wildman–Crippen LogP) is 3.71. The molecule has 0 fully saturated rings. The Bertz CT molecular complexity index is 1030. The maximum Gasteiger partial charge on any atom is 0.353 e. The summed E-state index contributed by atoms with van der Waals surface area (Å²) in [7, 11) is 1.28. The minimum Gasteiger partial charge on any atom is -0.465 e. The summed E-state index contributed by atoms with van der Waals surface area (Å²) in [5, 5.41) is 17.4. The number of halogens is 1. The number of pyridine rings is 1. The molecule has 0 spiro atoms. The summed E-state index contributed by atoms with van der Waals surface area (Å²) in [5.41, 5.74) is 0.817. The first-order chi connectivity index (χ1) is 13.5. The average Bonchev–Trinajstić information content (AvgIpc) is 2.69. The summed E-state index contributed by atoms with van der Waals surface area (Å²) in [6.45, 7) is 0. The Morgan fingerprint density at radius 3 is 2.39 bits per heavy atom. The maximum atomic E-state index is 11.6. The zero-order chi connectivity index (χ0) is 20.1. The van der Waals surface area contributed by atoms with Gasteiger partial charge in [-0.05, 0) is 36.4 Å². The van der Waals surface area contributed by atoms with Crippen LogP contribution in [0.1, 0.15) is 10.4 Å². The van der Waals surface area contributed by atoms with Crippen molar-refractivity contribution in [3.8, 4) is 0 Å². The lowest BCUT2D eigenvalue weighted by atomic mass is 10.2. The number of carbonyl (C=O) groups excluding carboxylic acids is 1. The highest BCUT2D eigenvalue weighted by Gasteiger charge is 2.24. The van der Waals surface area contributed by atoms with Crippen LogP contribution >= 0.6 is 11.6 Å². The molecule has 3 aromatic rings. The van der Waals surface area contributed by atoms with Gasteiger partial charge in [0, 0.05) is 11.9 Å². The van der Waals surface area contributed by atoms with Crippen molar-refractivity contribution in [3.63, 3.8) is 0 Å². The average molecular weight is 401 g/mol. The Hall–Kier alpha value is -3.79. The largest absolute Gasteiger partial charge is 0.465 e. The van der Waals surface area contributed by atoms with Crippen LogP contribution < -0.4 is 10.6 Å². The molecule has 11 heteroatoms. The number of nitrogens with zero attached hydrogens (tertiary/aromatic N) is 4. The highest BCUT2D eigenvalue weighted by atomic mass is 35.5. The molecule has 0 amide bonds. The van der Waals surface area contributed by atoms with Gasteiger partial charge in [-0.15, -0.1) is 0 Å². The third kappa shape index (κ3) is 4.13. The van der Waals surface area contributed by atoms with Gasteiger partial charge in [-0.2, -0.15) is 0 Å². The lowest BCUT2D eigenvalue weighted by molar-refractivity contribution is -0.383. The molecule has 2 aromatic heterocycles.